The molecule has 0 spiro atoms. The molecule has 0 radical (unpaired) electrons. The smallest absolute Gasteiger partial charge is 0.224 e. The highest BCUT2D eigenvalue weighted by Crippen LogP contribution is 2.33. The fourth-order valence-corrected chi connectivity index (χ4v) is 2.96. The normalized spacial score (nSPS) is 21.7. The minimum absolute atomic E-state index is 0.0312. The summed E-state index contributed by atoms with van der Waals surface area (Å²) in [5, 5.41) is 3.64. The Hall–Kier alpha value is -1.07. The van der Waals surface area contributed by atoms with Crippen LogP contribution >= 0.6 is 11.6 Å². The van der Waals surface area contributed by atoms with Crippen molar-refractivity contribution in [2.24, 2.45) is 0 Å². The first-order valence-corrected chi connectivity index (χ1v) is 7.57. The van der Waals surface area contributed by atoms with Crippen LogP contribution in [0.25, 0.3) is 0 Å². The van der Waals surface area contributed by atoms with Gasteiger partial charge in [-0.3, -0.25) is 0 Å². The Morgan fingerprint density at radius 1 is 1.40 bits per heavy atom. The summed E-state index contributed by atoms with van der Waals surface area (Å²) in [6, 6.07) is 0.302. The molecule has 0 bridgehead atoms. The molecule has 5 nitrogen and oxygen atoms in total. The zero-order valence-corrected chi connectivity index (χ0v) is 13.1. The van der Waals surface area contributed by atoms with Crippen LogP contribution in [0, 0.1) is 6.92 Å². The van der Waals surface area contributed by atoms with Gasteiger partial charge in [0.1, 0.15) is 0 Å². The number of nitrogen functional groups attached to an aromatic ring is 1. The van der Waals surface area contributed by atoms with Crippen molar-refractivity contribution < 1.29 is 4.74 Å². The first-order chi connectivity index (χ1) is 9.49. The minimum atomic E-state index is -0.0312. The van der Waals surface area contributed by atoms with Crippen LogP contribution in [0.3, 0.4) is 0 Å². The molecule has 112 valence electrons. The molecule has 0 aliphatic carbocycles. The number of nitrogens with one attached hydrogen (secondary N) is 1. The average molecular weight is 299 g/mol. The van der Waals surface area contributed by atoms with E-state index < -0.39 is 0 Å². The van der Waals surface area contributed by atoms with Crippen molar-refractivity contribution in [2.45, 2.75) is 58.1 Å². The van der Waals surface area contributed by atoms with Gasteiger partial charge in [0.05, 0.1) is 17.0 Å². The van der Waals surface area contributed by atoms with Gasteiger partial charge in [0.15, 0.2) is 5.82 Å². The van der Waals surface area contributed by atoms with Crippen molar-refractivity contribution in [1.82, 2.24) is 9.97 Å². The Bertz CT molecular complexity index is 476. The van der Waals surface area contributed by atoms with E-state index in [1.165, 1.54) is 0 Å². The van der Waals surface area contributed by atoms with Gasteiger partial charge < -0.3 is 15.8 Å². The van der Waals surface area contributed by atoms with Crippen LogP contribution in [-0.2, 0) is 4.74 Å². The third-order valence-corrected chi connectivity index (χ3v) is 4.40. The van der Waals surface area contributed by atoms with Crippen LogP contribution in [0.15, 0.2) is 0 Å². The van der Waals surface area contributed by atoms with E-state index in [0.717, 1.165) is 32.3 Å². The van der Waals surface area contributed by atoms with Crippen molar-refractivity contribution in [3.8, 4) is 0 Å². The van der Waals surface area contributed by atoms with Crippen LogP contribution < -0.4 is 11.1 Å². The van der Waals surface area contributed by atoms with Crippen LogP contribution in [-0.4, -0.2) is 28.2 Å². The number of nitrogens with zero attached hydrogens (tertiary/aromatic N) is 2. The van der Waals surface area contributed by atoms with Crippen LogP contribution in [0.1, 0.15) is 45.2 Å². The summed E-state index contributed by atoms with van der Waals surface area (Å²) in [7, 11) is 0. The highest BCUT2D eigenvalue weighted by atomic mass is 35.5. The molecule has 1 aromatic rings. The predicted octanol–water partition coefficient (Wildman–Crippen LogP) is 3.17. The number of nitrogens with two attached hydrogens (primary N) is 1. The largest absolute Gasteiger partial charge is 0.394 e. The molecule has 1 aliphatic rings. The van der Waals surface area contributed by atoms with E-state index in [1.54, 1.807) is 0 Å². The Morgan fingerprint density at radius 3 is 2.75 bits per heavy atom. The SMILES string of the molecule is CCC1(CC)CC(Nc2nc(Cl)nc(C)c2N)CCO1. The number of rotatable bonds is 4. The zero-order valence-electron chi connectivity index (χ0n) is 12.4. The summed E-state index contributed by atoms with van der Waals surface area (Å²) in [5.41, 5.74) is 7.27. The van der Waals surface area contributed by atoms with Crippen LogP contribution in [0.4, 0.5) is 11.5 Å². The summed E-state index contributed by atoms with van der Waals surface area (Å²) < 4.78 is 5.98. The van der Waals surface area contributed by atoms with Crippen molar-refractivity contribution in [3.05, 3.63) is 11.0 Å². The number of aromatic nitrogens is 2. The molecule has 1 aromatic heterocycles. The van der Waals surface area contributed by atoms with Crippen molar-refractivity contribution >= 4 is 23.1 Å². The predicted molar refractivity (Wildman–Crippen MR) is 82.1 cm³/mol. The van der Waals surface area contributed by atoms with E-state index in [9.17, 15) is 0 Å². The summed E-state index contributed by atoms with van der Waals surface area (Å²) in [4.78, 5) is 8.26. The van der Waals surface area contributed by atoms with Gasteiger partial charge in [-0.1, -0.05) is 13.8 Å². The van der Waals surface area contributed by atoms with Gasteiger partial charge >= 0.3 is 0 Å². The van der Waals surface area contributed by atoms with E-state index in [2.05, 4.69) is 29.1 Å². The van der Waals surface area contributed by atoms with E-state index in [4.69, 9.17) is 22.1 Å². The first kappa shape index (κ1) is 15.3. The monoisotopic (exact) mass is 298 g/mol. The molecular weight excluding hydrogens is 276 g/mol. The number of hydrogen-bond acceptors (Lipinski definition) is 5. The number of aryl methyl sites for hydroxylation is 1. The third kappa shape index (κ3) is 3.15. The molecule has 0 aromatic carbocycles. The summed E-state index contributed by atoms with van der Waals surface area (Å²) in [5.74, 6) is 0.635. The van der Waals surface area contributed by atoms with Gasteiger partial charge in [-0.25, -0.2) is 4.98 Å². The van der Waals surface area contributed by atoms with Gasteiger partial charge in [0.2, 0.25) is 5.28 Å². The van der Waals surface area contributed by atoms with Crippen LogP contribution in [0.5, 0.6) is 0 Å². The van der Waals surface area contributed by atoms with Crippen molar-refractivity contribution in [1.29, 1.82) is 0 Å². The molecule has 0 saturated carbocycles. The van der Waals surface area contributed by atoms with Gasteiger partial charge in [0.25, 0.3) is 0 Å². The lowest BCUT2D eigenvalue weighted by atomic mass is 9.86. The summed E-state index contributed by atoms with van der Waals surface area (Å²) in [6.07, 6.45) is 3.93. The molecule has 1 atom stereocenters. The molecular formula is C14H23ClN4O. The highest BCUT2D eigenvalue weighted by molar-refractivity contribution is 6.28. The number of anilines is 2. The molecule has 2 heterocycles. The summed E-state index contributed by atoms with van der Waals surface area (Å²) in [6.45, 7) is 6.94. The second-order valence-electron chi connectivity index (χ2n) is 5.41. The highest BCUT2D eigenvalue weighted by Gasteiger charge is 2.34. The fourth-order valence-electron chi connectivity index (χ4n) is 2.74. The minimum Gasteiger partial charge on any atom is -0.394 e. The van der Waals surface area contributed by atoms with Gasteiger partial charge in [-0.05, 0) is 44.2 Å². The lowest BCUT2D eigenvalue weighted by Gasteiger charge is -2.40. The molecule has 1 fully saturated rings. The summed E-state index contributed by atoms with van der Waals surface area (Å²) >= 11 is 5.91. The third-order valence-electron chi connectivity index (χ3n) is 4.23. The van der Waals surface area contributed by atoms with Gasteiger partial charge in [0, 0.05) is 12.6 Å². The Balaban J connectivity index is 2.14. The zero-order chi connectivity index (χ0) is 14.8. The maximum atomic E-state index is 6.02. The van der Waals surface area contributed by atoms with E-state index in [1.807, 2.05) is 6.92 Å². The molecule has 0 amide bonds. The second kappa shape index (κ2) is 6.14. The Labute approximate surface area is 125 Å². The fraction of sp³-hybridized carbons (Fsp3) is 0.714. The number of halogens is 1. The molecule has 3 N–H and O–H groups in total. The van der Waals surface area contributed by atoms with E-state index in [0.29, 0.717) is 23.2 Å². The van der Waals surface area contributed by atoms with Gasteiger partial charge in [-0.2, -0.15) is 4.98 Å². The van der Waals surface area contributed by atoms with Crippen molar-refractivity contribution in [3.63, 3.8) is 0 Å². The lowest BCUT2D eigenvalue weighted by Crippen LogP contribution is -2.43. The lowest BCUT2D eigenvalue weighted by molar-refractivity contribution is -0.0864. The molecule has 20 heavy (non-hydrogen) atoms. The Morgan fingerprint density at radius 2 is 2.10 bits per heavy atom. The second-order valence-corrected chi connectivity index (χ2v) is 5.75. The first-order valence-electron chi connectivity index (χ1n) is 7.19. The maximum absolute atomic E-state index is 6.02. The number of ether oxygens (including phenoxy) is 1. The molecule has 1 saturated heterocycles. The molecule has 6 heteroatoms. The Kier molecular flexibility index (Phi) is 4.70. The molecule has 1 aliphatic heterocycles. The van der Waals surface area contributed by atoms with Crippen LogP contribution in [0.2, 0.25) is 5.28 Å². The van der Waals surface area contributed by atoms with Gasteiger partial charge in [-0.15, -0.1) is 0 Å². The average Bonchev–Trinajstić information content (AvgIpc) is 2.44. The maximum Gasteiger partial charge on any atom is 0.224 e. The van der Waals surface area contributed by atoms with E-state index >= 15 is 0 Å². The quantitative estimate of drug-likeness (QED) is 0.835. The number of hydrogen-bond donors (Lipinski definition) is 2. The van der Waals surface area contributed by atoms with Crippen molar-refractivity contribution in [2.75, 3.05) is 17.7 Å². The molecule has 1 unspecified atom stereocenters. The topological polar surface area (TPSA) is 73.1 Å². The van der Waals surface area contributed by atoms with E-state index in [-0.39, 0.29) is 10.9 Å². The molecule has 2 rings (SSSR count). The standard InChI is InChI=1S/C14H23ClN4O/c1-4-14(5-2)8-10(6-7-20-14)18-12-11(16)9(3)17-13(15)19-12/h10H,4-8,16H2,1-3H3,(H,17,18,19).